The average Bonchev–Trinajstić information content (AvgIpc) is 2.74. The lowest BCUT2D eigenvalue weighted by Gasteiger charge is -2.17. The molecule has 0 aliphatic heterocycles. The highest BCUT2D eigenvalue weighted by molar-refractivity contribution is 14.2. The Kier molecular flexibility index (Phi) is 9.08. The topological polar surface area (TPSA) is 57.5 Å². The summed E-state index contributed by atoms with van der Waals surface area (Å²) in [6, 6.07) is 20.7. The fourth-order valence-corrected chi connectivity index (χ4v) is 3.83. The van der Waals surface area contributed by atoms with Crippen molar-refractivity contribution >= 4 is 69.0 Å². The van der Waals surface area contributed by atoms with E-state index in [1.54, 1.807) is 36.4 Å². The van der Waals surface area contributed by atoms with Crippen molar-refractivity contribution in [3.63, 3.8) is 0 Å². The van der Waals surface area contributed by atoms with Crippen molar-refractivity contribution in [1.82, 2.24) is 0 Å². The van der Waals surface area contributed by atoms with Gasteiger partial charge in [-0.05, 0) is 87.9 Å². The highest BCUT2D eigenvalue weighted by atomic mass is 127. The van der Waals surface area contributed by atoms with Gasteiger partial charge >= 0.3 is 0 Å². The van der Waals surface area contributed by atoms with E-state index < -0.39 is 5.25 Å². The SMILES string of the molecule is S=PI.[3H]Oc1ccc(C(Sc2ccccc2S)C(=O)c2ccc(O)cc2)cc1. The maximum atomic E-state index is 13.1. The molecule has 0 saturated heterocycles. The molecule has 0 spiro atoms. The van der Waals surface area contributed by atoms with Crippen LogP contribution in [0.4, 0.5) is 0 Å². The first kappa shape index (κ1) is 21.6. The Morgan fingerprint density at radius 3 is 2.21 bits per heavy atom. The molecule has 0 saturated carbocycles. The molecule has 0 amide bonds. The molecule has 1 atom stereocenters. The number of hydrogen-bond donors (Lipinski definition) is 3. The van der Waals surface area contributed by atoms with Gasteiger partial charge in [0.1, 0.15) is 11.5 Å². The molecule has 144 valence electrons. The van der Waals surface area contributed by atoms with E-state index in [9.17, 15) is 9.90 Å². The number of hydrogen-bond acceptors (Lipinski definition) is 6. The Balaban J connectivity index is 0.000000941. The number of benzene rings is 3. The van der Waals surface area contributed by atoms with Crippen LogP contribution in [-0.2, 0) is 11.8 Å². The van der Waals surface area contributed by atoms with Gasteiger partial charge in [0, 0.05) is 20.4 Å². The lowest BCUT2D eigenvalue weighted by atomic mass is 10.0. The first-order valence-corrected chi connectivity index (χ1v) is 14.0. The molecule has 8 heteroatoms. The van der Waals surface area contributed by atoms with E-state index in [2.05, 4.69) is 51.6 Å². The fraction of sp³-hybridized carbons (Fsp3) is 0.0500. The van der Waals surface area contributed by atoms with Crippen LogP contribution in [-0.4, -0.2) is 17.4 Å². The van der Waals surface area contributed by atoms with Crippen molar-refractivity contribution in [2.75, 3.05) is 0 Å². The summed E-state index contributed by atoms with van der Waals surface area (Å²) in [5.74, 6) is 0.443. The van der Waals surface area contributed by atoms with E-state index in [0.717, 1.165) is 20.4 Å². The van der Waals surface area contributed by atoms with Crippen LogP contribution in [0.15, 0.2) is 82.6 Å². The molecular weight excluding hydrogens is 542 g/mol. The third-order valence-electron chi connectivity index (χ3n) is 3.68. The number of carbonyl (C=O) groups excluding carboxylic acids is 1. The van der Waals surface area contributed by atoms with Crippen LogP contribution >= 0.6 is 51.4 Å². The predicted molar refractivity (Wildman–Crippen MR) is 131 cm³/mol. The van der Waals surface area contributed by atoms with Crippen molar-refractivity contribution in [3.05, 3.63) is 83.9 Å². The van der Waals surface area contributed by atoms with Gasteiger partial charge in [-0.1, -0.05) is 24.3 Å². The monoisotopic (exact) mass is 560 g/mol. The quantitative estimate of drug-likeness (QED) is 0.101. The number of carbonyl (C=O) groups is 1. The van der Waals surface area contributed by atoms with Crippen LogP contribution in [0.5, 0.6) is 11.5 Å². The second-order valence-corrected chi connectivity index (χ2v) is 11.2. The summed E-state index contributed by atoms with van der Waals surface area (Å²) in [6.07, 6.45) is 0. The van der Waals surface area contributed by atoms with Crippen LogP contribution in [0.3, 0.4) is 0 Å². The first-order chi connectivity index (χ1) is 14.0. The molecule has 2 N–H and O–H groups in total. The number of ketones is 1. The number of halogens is 1. The summed E-state index contributed by atoms with van der Waals surface area (Å²) in [6.45, 7) is 0. The second-order valence-electron chi connectivity index (χ2n) is 5.51. The van der Waals surface area contributed by atoms with Gasteiger partial charge in [0.25, 0.3) is 1.43 Å². The summed E-state index contributed by atoms with van der Waals surface area (Å²) in [7, 11) is 0. The van der Waals surface area contributed by atoms with Crippen LogP contribution < -0.4 is 0 Å². The molecular formula is C20H16IO3PS3. The van der Waals surface area contributed by atoms with Crippen molar-refractivity contribution in [2.24, 2.45) is 0 Å². The third kappa shape index (κ3) is 6.74. The molecule has 3 nitrogen and oxygen atoms in total. The number of Topliss-reactive ketones (excluding diaryl/α,β-unsaturated/α-hetero) is 1. The predicted octanol–water partition coefficient (Wildman–Crippen LogP) is 6.85. The highest BCUT2D eigenvalue weighted by Crippen LogP contribution is 2.40. The van der Waals surface area contributed by atoms with Gasteiger partial charge in [0.15, 0.2) is 5.78 Å². The lowest BCUT2D eigenvalue weighted by Crippen LogP contribution is -2.10. The summed E-state index contributed by atoms with van der Waals surface area (Å²) in [5.41, 5.74) is 1.31. The number of phenolic OH excluding ortho intramolecular Hbond substituents is 2. The Bertz CT molecular complexity index is 956. The molecule has 0 radical (unpaired) electrons. The summed E-state index contributed by atoms with van der Waals surface area (Å²) >= 11 is 12.3. The molecule has 0 heterocycles. The van der Waals surface area contributed by atoms with E-state index in [0.29, 0.717) is 11.3 Å². The minimum atomic E-state index is -0.493. The normalized spacial score (nSPS) is 11.7. The standard InChI is InChI=1S/C20H16O3S2.IPS/c21-15-9-5-13(6-10-15)19(23)20(14-7-11-16(22)12-8-14)25-18-4-2-1-3-17(18)24;1-2-3/h1-12,20-22,24H;/i/hT. The maximum absolute atomic E-state index is 13.1. The maximum Gasteiger partial charge on any atom is 0.293 e. The fourth-order valence-electron chi connectivity index (χ4n) is 2.38. The first-order valence-electron chi connectivity index (χ1n) is 8.35. The van der Waals surface area contributed by atoms with Crippen molar-refractivity contribution in [2.45, 2.75) is 15.0 Å². The van der Waals surface area contributed by atoms with Gasteiger partial charge in [-0.25, -0.2) is 0 Å². The minimum absolute atomic E-state index is 0.0777. The van der Waals surface area contributed by atoms with Crippen LogP contribution in [0.1, 0.15) is 21.2 Å². The van der Waals surface area contributed by atoms with Crippen molar-refractivity contribution < 1.29 is 15.0 Å². The molecule has 0 aromatic heterocycles. The van der Waals surface area contributed by atoms with E-state index in [1.165, 1.54) is 23.9 Å². The Morgan fingerprint density at radius 1 is 1.07 bits per heavy atom. The largest absolute Gasteiger partial charge is 0.508 e. The van der Waals surface area contributed by atoms with E-state index in [-0.39, 0.29) is 11.5 Å². The Hall–Kier alpha value is -1.12. The zero-order valence-electron chi connectivity index (χ0n) is 15.4. The third-order valence-corrected chi connectivity index (χ3v) is 5.56. The van der Waals surface area contributed by atoms with Gasteiger partial charge in [0.05, 0.1) is 5.25 Å². The van der Waals surface area contributed by atoms with Gasteiger partial charge in [-0.2, -0.15) is 0 Å². The molecule has 3 aromatic carbocycles. The summed E-state index contributed by atoms with van der Waals surface area (Å²) in [4.78, 5) is 15.8. The minimum Gasteiger partial charge on any atom is -0.508 e. The number of aromatic hydroxyl groups is 2. The summed E-state index contributed by atoms with van der Waals surface area (Å²) < 4.78 is 6.96. The second kappa shape index (κ2) is 11.8. The molecule has 0 fully saturated rings. The zero-order chi connectivity index (χ0) is 21.2. The number of thioether (sulfide) groups is 1. The van der Waals surface area contributed by atoms with E-state index in [1.807, 2.05) is 24.3 Å². The lowest BCUT2D eigenvalue weighted by molar-refractivity contribution is 0.0989. The van der Waals surface area contributed by atoms with Crippen LogP contribution in [0.2, 0.25) is 0 Å². The van der Waals surface area contributed by atoms with Gasteiger partial charge in [0.2, 0.25) is 0 Å². The van der Waals surface area contributed by atoms with Crippen molar-refractivity contribution in [3.8, 4) is 11.5 Å². The smallest absolute Gasteiger partial charge is 0.293 e. The number of rotatable bonds is 6. The highest BCUT2D eigenvalue weighted by Gasteiger charge is 2.24. The number of thiol groups is 1. The van der Waals surface area contributed by atoms with Gasteiger partial charge < -0.3 is 10.2 Å². The summed E-state index contributed by atoms with van der Waals surface area (Å²) in [5, 5.41) is 13.4. The van der Waals surface area contributed by atoms with Gasteiger partial charge in [-0.3, -0.25) is 4.79 Å². The molecule has 0 bridgehead atoms. The number of phenols is 2. The van der Waals surface area contributed by atoms with Crippen LogP contribution in [0, 0.1) is 0 Å². The molecule has 1 unspecified atom stereocenters. The Morgan fingerprint density at radius 2 is 1.64 bits per heavy atom. The van der Waals surface area contributed by atoms with Crippen molar-refractivity contribution in [1.29, 1.82) is 1.43 Å². The average molecular weight is 560 g/mol. The zero-order valence-corrected chi connectivity index (χ0v) is 19.9. The molecule has 28 heavy (non-hydrogen) atoms. The van der Waals surface area contributed by atoms with Crippen LogP contribution in [0.25, 0.3) is 0 Å². The molecule has 3 rings (SSSR count). The van der Waals surface area contributed by atoms with E-state index >= 15 is 0 Å². The molecule has 0 aliphatic carbocycles. The molecule has 3 aromatic rings. The molecule has 0 aliphatic rings. The van der Waals surface area contributed by atoms with Gasteiger partial charge in [-0.15, -0.1) is 24.4 Å². The van der Waals surface area contributed by atoms with E-state index in [4.69, 9.17) is 1.43 Å². The Labute approximate surface area is 194 Å².